The summed E-state index contributed by atoms with van der Waals surface area (Å²) in [5, 5.41) is 0. The highest BCUT2D eigenvalue weighted by atomic mass is 16.5. The molecule has 1 fully saturated rings. The summed E-state index contributed by atoms with van der Waals surface area (Å²) in [6, 6.07) is 16.1. The molecule has 0 N–H and O–H groups in total. The second-order valence-corrected chi connectivity index (χ2v) is 8.52. The van der Waals surface area contributed by atoms with Crippen molar-refractivity contribution in [3.8, 4) is 5.75 Å². The number of hydrogen-bond acceptors (Lipinski definition) is 5. The van der Waals surface area contributed by atoms with Crippen LogP contribution in [0.5, 0.6) is 5.75 Å². The number of anilines is 1. The molecule has 1 amide bonds. The Bertz CT molecular complexity index is 1120. The maximum Gasteiger partial charge on any atom is 0.253 e. The van der Waals surface area contributed by atoms with Crippen LogP contribution in [0.1, 0.15) is 45.5 Å². The minimum atomic E-state index is 0.101. The normalized spacial score (nSPS) is 13.8. The van der Waals surface area contributed by atoms with E-state index < -0.39 is 0 Å². The number of aryl methyl sites for hydroxylation is 3. The Kier molecular flexibility index (Phi) is 6.92. The minimum absolute atomic E-state index is 0.101. The van der Waals surface area contributed by atoms with Crippen molar-refractivity contribution in [2.45, 2.75) is 33.6 Å². The van der Waals surface area contributed by atoms with Gasteiger partial charge in [0.2, 0.25) is 0 Å². The molecule has 1 aliphatic heterocycles. The fourth-order valence-corrected chi connectivity index (χ4v) is 4.36. The lowest BCUT2D eigenvalue weighted by molar-refractivity contribution is 0.0746. The summed E-state index contributed by atoms with van der Waals surface area (Å²) in [5.74, 6) is 2.69. The lowest BCUT2D eigenvalue weighted by atomic mass is 10.0. The Morgan fingerprint density at radius 3 is 2.36 bits per heavy atom. The highest BCUT2D eigenvalue weighted by Crippen LogP contribution is 2.26. The molecular weight excluding hydrogens is 412 g/mol. The van der Waals surface area contributed by atoms with E-state index in [1.165, 1.54) is 5.56 Å². The highest BCUT2D eigenvalue weighted by Gasteiger charge is 2.25. The van der Waals surface area contributed by atoms with Crippen LogP contribution in [0.25, 0.3) is 0 Å². The van der Waals surface area contributed by atoms with Crippen LogP contribution in [0.4, 0.5) is 5.82 Å². The maximum absolute atomic E-state index is 13.0. The summed E-state index contributed by atoms with van der Waals surface area (Å²) in [6.45, 7) is 8.96. The number of ether oxygens (including phenoxy) is 1. The van der Waals surface area contributed by atoms with E-state index in [0.29, 0.717) is 13.1 Å². The van der Waals surface area contributed by atoms with Crippen LogP contribution < -0.4 is 9.64 Å². The molecule has 0 saturated carbocycles. The van der Waals surface area contributed by atoms with Gasteiger partial charge in [-0.05, 0) is 55.7 Å². The first-order valence-corrected chi connectivity index (χ1v) is 11.6. The SMILES string of the molecule is CCc1ccc(C(=O)N2CCN(c3nc(C)nc(C)c3Cc3cccc(OC)c3)CC2)cc1. The number of benzene rings is 2. The van der Waals surface area contributed by atoms with Crippen molar-refractivity contribution in [1.29, 1.82) is 0 Å². The van der Waals surface area contributed by atoms with Gasteiger partial charge in [0.05, 0.1) is 7.11 Å². The average molecular weight is 445 g/mol. The predicted molar refractivity (Wildman–Crippen MR) is 131 cm³/mol. The summed E-state index contributed by atoms with van der Waals surface area (Å²) in [6.07, 6.45) is 1.71. The zero-order chi connectivity index (χ0) is 23.4. The van der Waals surface area contributed by atoms with Crippen LogP contribution in [-0.4, -0.2) is 54.1 Å². The van der Waals surface area contributed by atoms with Gasteiger partial charge in [0.1, 0.15) is 17.4 Å². The molecule has 0 aliphatic carbocycles. The quantitative estimate of drug-likeness (QED) is 0.570. The molecule has 2 heterocycles. The summed E-state index contributed by atoms with van der Waals surface area (Å²) in [4.78, 5) is 26.7. The number of hydrogen-bond donors (Lipinski definition) is 0. The predicted octanol–water partition coefficient (Wildman–Crippen LogP) is 4.22. The molecule has 0 radical (unpaired) electrons. The number of carbonyl (C=O) groups is 1. The Morgan fingerprint density at radius 2 is 1.70 bits per heavy atom. The van der Waals surface area contributed by atoms with Crippen molar-refractivity contribution in [2.24, 2.45) is 0 Å². The Morgan fingerprint density at radius 1 is 0.970 bits per heavy atom. The molecule has 0 bridgehead atoms. The van der Waals surface area contributed by atoms with E-state index in [9.17, 15) is 4.79 Å². The second-order valence-electron chi connectivity index (χ2n) is 8.52. The first-order chi connectivity index (χ1) is 16.0. The highest BCUT2D eigenvalue weighted by molar-refractivity contribution is 5.94. The summed E-state index contributed by atoms with van der Waals surface area (Å²) in [5.41, 5.74) is 5.29. The standard InChI is InChI=1S/C27H32N4O2/c1-5-21-9-11-23(12-10-21)27(32)31-15-13-30(14-16-31)26-25(19(2)28-20(3)29-26)18-22-7-6-8-24(17-22)33-4/h6-12,17H,5,13-16,18H2,1-4H3. The largest absolute Gasteiger partial charge is 0.497 e. The number of carbonyl (C=O) groups excluding carboxylic acids is 1. The van der Waals surface area contributed by atoms with Gasteiger partial charge in [0, 0.05) is 49.4 Å². The van der Waals surface area contributed by atoms with E-state index in [4.69, 9.17) is 9.72 Å². The van der Waals surface area contributed by atoms with E-state index in [0.717, 1.165) is 65.7 Å². The van der Waals surface area contributed by atoms with Gasteiger partial charge in [-0.3, -0.25) is 4.79 Å². The number of aromatic nitrogens is 2. The van der Waals surface area contributed by atoms with Crippen molar-refractivity contribution in [3.05, 3.63) is 82.3 Å². The van der Waals surface area contributed by atoms with Crippen LogP contribution in [0.3, 0.4) is 0 Å². The molecule has 0 unspecified atom stereocenters. The number of piperazine rings is 1. The van der Waals surface area contributed by atoms with E-state index in [1.807, 2.05) is 55.1 Å². The third kappa shape index (κ3) is 5.16. The van der Waals surface area contributed by atoms with Crippen LogP contribution in [-0.2, 0) is 12.8 Å². The lowest BCUT2D eigenvalue weighted by Crippen LogP contribution is -2.49. The van der Waals surface area contributed by atoms with Gasteiger partial charge in [-0.2, -0.15) is 0 Å². The van der Waals surface area contributed by atoms with Crippen molar-refractivity contribution in [2.75, 3.05) is 38.2 Å². The topological polar surface area (TPSA) is 58.6 Å². The fourth-order valence-electron chi connectivity index (χ4n) is 4.36. The lowest BCUT2D eigenvalue weighted by Gasteiger charge is -2.36. The van der Waals surface area contributed by atoms with Crippen molar-refractivity contribution in [3.63, 3.8) is 0 Å². The van der Waals surface area contributed by atoms with Gasteiger partial charge in [0.25, 0.3) is 5.91 Å². The summed E-state index contributed by atoms with van der Waals surface area (Å²) >= 11 is 0. The molecule has 172 valence electrons. The van der Waals surface area contributed by atoms with Gasteiger partial charge in [-0.1, -0.05) is 31.2 Å². The number of rotatable bonds is 6. The second kappa shape index (κ2) is 10.0. The minimum Gasteiger partial charge on any atom is -0.497 e. The molecular formula is C27H32N4O2. The molecule has 3 aromatic rings. The zero-order valence-corrected chi connectivity index (χ0v) is 20.0. The van der Waals surface area contributed by atoms with Crippen LogP contribution in [0.15, 0.2) is 48.5 Å². The number of nitrogens with zero attached hydrogens (tertiary/aromatic N) is 4. The third-order valence-electron chi connectivity index (χ3n) is 6.29. The van der Waals surface area contributed by atoms with Crippen LogP contribution >= 0.6 is 0 Å². The van der Waals surface area contributed by atoms with Gasteiger partial charge in [-0.25, -0.2) is 9.97 Å². The van der Waals surface area contributed by atoms with Gasteiger partial charge < -0.3 is 14.5 Å². The molecule has 1 aliphatic rings. The molecule has 1 saturated heterocycles. The van der Waals surface area contributed by atoms with E-state index in [-0.39, 0.29) is 5.91 Å². The Balaban J connectivity index is 1.51. The average Bonchev–Trinajstić information content (AvgIpc) is 2.85. The zero-order valence-electron chi connectivity index (χ0n) is 20.0. The van der Waals surface area contributed by atoms with Crippen molar-refractivity contribution in [1.82, 2.24) is 14.9 Å². The fraction of sp³-hybridized carbons (Fsp3) is 0.370. The van der Waals surface area contributed by atoms with Crippen molar-refractivity contribution < 1.29 is 9.53 Å². The summed E-state index contributed by atoms with van der Waals surface area (Å²) < 4.78 is 5.39. The maximum atomic E-state index is 13.0. The molecule has 0 spiro atoms. The molecule has 4 rings (SSSR count). The molecule has 33 heavy (non-hydrogen) atoms. The third-order valence-corrected chi connectivity index (χ3v) is 6.29. The van der Waals surface area contributed by atoms with Crippen LogP contribution in [0, 0.1) is 13.8 Å². The molecule has 6 nitrogen and oxygen atoms in total. The summed E-state index contributed by atoms with van der Waals surface area (Å²) in [7, 11) is 1.68. The first-order valence-electron chi connectivity index (χ1n) is 11.6. The monoisotopic (exact) mass is 444 g/mol. The van der Waals surface area contributed by atoms with E-state index in [1.54, 1.807) is 7.11 Å². The van der Waals surface area contributed by atoms with Gasteiger partial charge >= 0.3 is 0 Å². The first kappa shape index (κ1) is 22.8. The van der Waals surface area contributed by atoms with Gasteiger partial charge in [0.15, 0.2) is 0 Å². The Labute approximate surface area is 196 Å². The molecule has 6 heteroatoms. The van der Waals surface area contributed by atoms with E-state index in [2.05, 4.69) is 28.9 Å². The number of amides is 1. The van der Waals surface area contributed by atoms with Gasteiger partial charge in [-0.15, -0.1) is 0 Å². The Hall–Kier alpha value is -3.41. The molecule has 0 atom stereocenters. The smallest absolute Gasteiger partial charge is 0.253 e. The van der Waals surface area contributed by atoms with E-state index >= 15 is 0 Å². The van der Waals surface area contributed by atoms with Crippen molar-refractivity contribution >= 4 is 11.7 Å². The molecule has 1 aromatic heterocycles. The van der Waals surface area contributed by atoms with Crippen LogP contribution in [0.2, 0.25) is 0 Å². The molecule has 2 aromatic carbocycles. The number of methoxy groups -OCH3 is 1.